The first-order chi connectivity index (χ1) is 7.70. The summed E-state index contributed by atoms with van der Waals surface area (Å²) in [4.78, 5) is 11.4. The lowest BCUT2D eigenvalue weighted by atomic mass is 9.76. The zero-order chi connectivity index (χ0) is 11.5. The summed E-state index contributed by atoms with van der Waals surface area (Å²) < 4.78 is 4.93. The van der Waals surface area contributed by atoms with Gasteiger partial charge in [-0.05, 0) is 43.4 Å². The van der Waals surface area contributed by atoms with E-state index in [4.69, 9.17) is 10.5 Å². The summed E-state index contributed by atoms with van der Waals surface area (Å²) in [7, 11) is 0. The quantitative estimate of drug-likeness (QED) is 0.792. The number of esters is 1. The molecule has 86 valence electrons. The Labute approximate surface area is 95.6 Å². The van der Waals surface area contributed by atoms with E-state index >= 15 is 0 Å². The van der Waals surface area contributed by atoms with Gasteiger partial charge in [0.2, 0.25) is 0 Å². The second-order valence-corrected chi connectivity index (χ2v) is 4.27. The number of carbonyl (C=O) groups is 1. The molecule has 3 heteroatoms. The Morgan fingerprint density at radius 3 is 2.50 bits per heavy atom. The van der Waals surface area contributed by atoms with Gasteiger partial charge in [-0.25, -0.2) is 4.79 Å². The zero-order valence-corrected chi connectivity index (χ0v) is 9.48. The van der Waals surface area contributed by atoms with Gasteiger partial charge in [0.25, 0.3) is 0 Å². The molecule has 2 rings (SSSR count). The molecule has 2 N–H and O–H groups in total. The highest BCUT2D eigenvalue weighted by molar-refractivity contribution is 5.89. The van der Waals surface area contributed by atoms with Crippen LogP contribution in [0.25, 0.3) is 0 Å². The van der Waals surface area contributed by atoms with E-state index in [-0.39, 0.29) is 5.97 Å². The zero-order valence-electron chi connectivity index (χ0n) is 9.48. The highest BCUT2D eigenvalue weighted by atomic mass is 16.5. The summed E-state index contributed by atoms with van der Waals surface area (Å²) in [5.41, 5.74) is 7.64. The van der Waals surface area contributed by atoms with Crippen molar-refractivity contribution in [3.8, 4) is 0 Å². The SMILES string of the molecule is CCOC(=O)c1ccc(C2CC(N)C2)cc1. The van der Waals surface area contributed by atoms with Crippen molar-refractivity contribution in [2.45, 2.75) is 31.7 Å². The minimum absolute atomic E-state index is 0.251. The molecule has 1 aromatic rings. The maximum Gasteiger partial charge on any atom is 0.338 e. The normalized spacial score (nSPS) is 23.6. The fourth-order valence-electron chi connectivity index (χ4n) is 2.04. The van der Waals surface area contributed by atoms with Crippen LogP contribution in [0.4, 0.5) is 0 Å². The molecule has 1 aliphatic carbocycles. The third-order valence-electron chi connectivity index (χ3n) is 3.07. The smallest absolute Gasteiger partial charge is 0.338 e. The van der Waals surface area contributed by atoms with E-state index in [0.29, 0.717) is 24.1 Å². The van der Waals surface area contributed by atoms with Gasteiger partial charge in [0, 0.05) is 6.04 Å². The molecule has 0 unspecified atom stereocenters. The first-order valence-corrected chi connectivity index (χ1v) is 5.73. The summed E-state index contributed by atoms with van der Waals surface area (Å²) in [6, 6.07) is 8.02. The van der Waals surface area contributed by atoms with Gasteiger partial charge in [-0.2, -0.15) is 0 Å². The molecule has 0 radical (unpaired) electrons. The van der Waals surface area contributed by atoms with Crippen LogP contribution in [-0.4, -0.2) is 18.6 Å². The van der Waals surface area contributed by atoms with Crippen molar-refractivity contribution in [2.75, 3.05) is 6.61 Å². The van der Waals surface area contributed by atoms with Gasteiger partial charge in [-0.15, -0.1) is 0 Å². The molecule has 3 nitrogen and oxygen atoms in total. The van der Waals surface area contributed by atoms with Crippen LogP contribution in [0.2, 0.25) is 0 Å². The van der Waals surface area contributed by atoms with Crippen LogP contribution in [0.3, 0.4) is 0 Å². The Morgan fingerprint density at radius 1 is 1.38 bits per heavy atom. The summed E-state index contributed by atoms with van der Waals surface area (Å²) in [5, 5.41) is 0. The molecule has 1 saturated carbocycles. The monoisotopic (exact) mass is 219 g/mol. The fourth-order valence-corrected chi connectivity index (χ4v) is 2.04. The first-order valence-electron chi connectivity index (χ1n) is 5.73. The molecule has 0 aliphatic heterocycles. The average Bonchev–Trinajstić information content (AvgIpc) is 2.25. The van der Waals surface area contributed by atoms with E-state index in [9.17, 15) is 4.79 Å². The maximum atomic E-state index is 11.4. The van der Waals surface area contributed by atoms with Gasteiger partial charge in [0.15, 0.2) is 0 Å². The molecule has 0 saturated heterocycles. The van der Waals surface area contributed by atoms with E-state index in [1.807, 2.05) is 31.2 Å². The molecule has 0 atom stereocenters. The molecule has 0 bridgehead atoms. The summed E-state index contributed by atoms with van der Waals surface area (Å²) in [5.74, 6) is 0.325. The van der Waals surface area contributed by atoms with Gasteiger partial charge in [-0.3, -0.25) is 0 Å². The number of hydrogen-bond acceptors (Lipinski definition) is 3. The molecule has 0 spiro atoms. The van der Waals surface area contributed by atoms with E-state index in [1.165, 1.54) is 5.56 Å². The number of ether oxygens (including phenoxy) is 1. The number of benzene rings is 1. The van der Waals surface area contributed by atoms with Crippen molar-refractivity contribution < 1.29 is 9.53 Å². The predicted molar refractivity (Wildman–Crippen MR) is 62.3 cm³/mol. The van der Waals surface area contributed by atoms with Crippen molar-refractivity contribution in [3.63, 3.8) is 0 Å². The average molecular weight is 219 g/mol. The second-order valence-electron chi connectivity index (χ2n) is 4.27. The van der Waals surface area contributed by atoms with Crippen LogP contribution in [0.5, 0.6) is 0 Å². The van der Waals surface area contributed by atoms with E-state index < -0.39 is 0 Å². The maximum absolute atomic E-state index is 11.4. The molecule has 1 fully saturated rings. The Balaban J connectivity index is 2.02. The predicted octanol–water partition coefficient (Wildman–Crippen LogP) is 2.07. The number of nitrogens with two attached hydrogens (primary N) is 1. The van der Waals surface area contributed by atoms with Crippen LogP contribution in [0, 0.1) is 0 Å². The Kier molecular flexibility index (Phi) is 3.25. The molecule has 16 heavy (non-hydrogen) atoms. The standard InChI is InChI=1S/C13H17NO2/c1-2-16-13(15)10-5-3-9(4-6-10)11-7-12(14)8-11/h3-6,11-12H,2,7-8,14H2,1H3. The largest absolute Gasteiger partial charge is 0.462 e. The molecule has 0 aromatic heterocycles. The van der Waals surface area contributed by atoms with Crippen molar-refractivity contribution in [3.05, 3.63) is 35.4 Å². The van der Waals surface area contributed by atoms with Gasteiger partial charge in [-0.1, -0.05) is 12.1 Å². The van der Waals surface area contributed by atoms with Gasteiger partial charge < -0.3 is 10.5 Å². The van der Waals surface area contributed by atoms with Crippen LogP contribution in [0.15, 0.2) is 24.3 Å². The van der Waals surface area contributed by atoms with Gasteiger partial charge in [0.1, 0.15) is 0 Å². The van der Waals surface area contributed by atoms with Crippen LogP contribution < -0.4 is 5.73 Å². The first kappa shape index (κ1) is 11.1. The third-order valence-corrected chi connectivity index (χ3v) is 3.07. The fraction of sp³-hybridized carbons (Fsp3) is 0.462. The van der Waals surface area contributed by atoms with Crippen molar-refractivity contribution in [1.82, 2.24) is 0 Å². The Morgan fingerprint density at radius 2 is 2.00 bits per heavy atom. The summed E-state index contributed by atoms with van der Waals surface area (Å²) in [6.45, 7) is 2.22. The lowest BCUT2D eigenvalue weighted by Crippen LogP contribution is -2.34. The summed E-state index contributed by atoms with van der Waals surface area (Å²) in [6.07, 6.45) is 2.11. The van der Waals surface area contributed by atoms with Gasteiger partial charge in [0.05, 0.1) is 12.2 Å². The summed E-state index contributed by atoms with van der Waals surface area (Å²) >= 11 is 0. The minimum Gasteiger partial charge on any atom is -0.462 e. The Hall–Kier alpha value is -1.35. The number of hydrogen-bond donors (Lipinski definition) is 1. The van der Waals surface area contributed by atoms with Crippen molar-refractivity contribution in [1.29, 1.82) is 0 Å². The molecule has 1 aromatic carbocycles. The molecule has 1 aliphatic rings. The third kappa shape index (κ3) is 2.25. The highest BCUT2D eigenvalue weighted by Crippen LogP contribution is 2.35. The molecular formula is C13H17NO2. The lowest BCUT2D eigenvalue weighted by Gasteiger charge is -2.32. The van der Waals surface area contributed by atoms with Crippen molar-refractivity contribution in [2.24, 2.45) is 5.73 Å². The van der Waals surface area contributed by atoms with E-state index in [1.54, 1.807) is 0 Å². The van der Waals surface area contributed by atoms with Crippen LogP contribution in [-0.2, 0) is 4.74 Å². The highest BCUT2D eigenvalue weighted by Gasteiger charge is 2.27. The van der Waals surface area contributed by atoms with Crippen LogP contribution in [0.1, 0.15) is 41.6 Å². The van der Waals surface area contributed by atoms with Gasteiger partial charge >= 0.3 is 5.97 Å². The number of rotatable bonds is 3. The molecular weight excluding hydrogens is 202 g/mol. The van der Waals surface area contributed by atoms with E-state index in [0.717, 1.165) is 12.8 Å². The number of carbonyl (C=O) groups excluding carboxylic acids is 1. The second kappa shape index (κ2) is 4.66. The minimum atomic E-state index is -0.251. The van der Waals surface area contributed by atoms with E-state index in [2.05, 4.69) is 0 Å². The lowest BCUT2D eigenvalue weighted by molar-refractivity contribution is 0.0526. The topological polar surface area (TPSA) is 52.3 Å². The molecule has 0 amide bonds. The Bertz CT molecular complexity index is 366. The van der Waals surface area contributed by atoms with Crippen molar-refractivity contribution >= 4 is 5.97 Å². The van der Waals surface area contributed by atoms with Crippen LogP contribution >= 0.6 is 0 Å². The molecule has 0 heterocycles.